The molecule has 0 amide bonds. The summed E-state index contributed by atoms with van der Waals surface area (Å²) in [5, 5.41) is 10.2. The molecule has 0 saturated heterocycles. The van der Waals surface area contributed by atoms with Crippen molar-refractivity contribution in [2.24, 2.45) is 0 Å². The van der Waals surface area contributed by atoms with Crippen LogP contribution >= 0.6 is 11.3 Å². The Hall–Kier alpha value is -1.88. The lowest BCUT2D eigenvalue weighted by Crippen LogP contribution is -2.14. The number of carboxylic acids is 1. The van der Waals surface area contributed by atoms with Gasteiger partial charge in [0.1, 0.15) is 15.6 Å². The van der Waals surface area contributed by atoms with Gasteiger partial charge in [0.2, 0.25) is 0 Å². The van der Waals surface area contributed by atoms with Crippen LogP contribution < -0.4 is 4.74 Å². The monoisotopic (exact) mass is 303 g/mol. The number of ether oxygens (including phenoxy) is 1. The van der Waals surface area contributed by atoms with Gasteiger partial charge in [-0.25, -0.2) is 9.78 Å². The van der Waals surface area contributed by atoms with Gasteiger partial charge in [0, 0.05) is 11.5 Å². The number of fused-ring (bicyclic) bond motifs is 1. The number of hydrogen-bond donors (Lipinski definition) is 1. The fourth-order valence-corrected chi connectivity index (χ4v) is 3.80. The molecule has 3 rings (SSSR count). The summed E-state index contributed by atoms with van der Waals surface area (Å²) in [6.45, 7) is 2.68. The lowest BCUT2D eigenvalue weighted by Gasteiger charge is -2.24. The van der Waals surface area contributed by atoms with Crippen molar-refractivity contribution < 1.29 is 14.6 Å². The van der Waals surface area contributed by atoms with E-state index in [0.29, 0.717) is 23.6 Å². The Morgan fingerprint density at radius 1 is 1.48 bits per heavy atom. The second kappa shape index (κ2) is 5.85. The maximum atomic E-state index is 11.4. The molecule has 0 radical (unpaired) electrons. The van der Waals surface area contributed by atoms with Crippen LogP contribution in [0.15, 0.2) is 24.3 Å². The Morgan fingerprint density at radius 2 is 2.29 bits per heavy atom. The van der Waals surface area contributed by atoms with Crippen LogP contribution in [0, 0.1) is 0 Å². The molecule has 2 heterocycles. The van der Waals surface area contributed by atoms with Crippen molar-refractivity contribution in [1.29, 1.82) is 0 Å². The van der Waals surface area contributed by atoms with Crippen LogP contribution in [-0.4, -0.2) is 22.7 Å². The summed E-state index contributed by atoms with van der Waals surface area (Å²) in [4.78, 5) is 16.4. The Kier molecular flexibility index (Phi) is 3.92. The van der Waals surface area contributed by atoms with E-state index in [1.807, 2.05) is 31.2 Å². The molecule has 1 aliphatic rings. The molecule has 21 heavy (non-hydrogen) atoms. The normalized spacial score (nSPS) is 17.1. The molecular formula is C16H17NO3S. The minimum absolute atomic E-state index is 0.142. The summed E-state index contributed by atoms with van der Waals surface area (Å²) >= 11 is 1.31. The van der Waals surface area contributed by atoms with Gasteiger partial charge in [-0.15, -0.1) is 11.3 Å². The van der Waals surface area contributed by atoms with E-state index in [0.717, 1.165) is 29.2 Å². The van der Waals surface area contributed by atoms with Crippen LogP contribution in [0.25, 0.3) is 0 Å². The zero-order chi connectivity index (χ0) is 14.8. The summed E-state index contributed by atoms with van der Waals surface area (Å²) in [5.74, 6) is 0.157. The van der Waals surface area contributed by atoms with Crippen LogP contribution in [0.5, 0.6) is 5.75 Å². The number of aryl methyl sites for hydroxylation is 1. The number of carboxylic acid groups (broad SMARTS) is 1. The minimum Gasteiger partial charge on any atom is -0.493 e. The third kappa shape index (κ3) is 2.65. The second-order valence-corrected chi connectivity index (χ2v) is 6.14. The summed E-state index contributed by atoms with van der Waals surface area (Å²) < 4.78 is 5.67. The highest BCUT2D eigenvalue weighted by Crippen LogP contribution is 2.40. The minimum atomic E-state index is -0.873. The van der Waals surface area contributed by atoms with Gasteiger partial charge in [-0.05, 0) is 18.9 Å². The highest BCUT2D eigenvalue weighted by molar-refractivity contribution is 7.13. The molecule has 1 unspecified atom stereocenters. The van der Waals surface area contributed by atoms with Crippen molar-refractivity contribution in [2.45, 2.75) is 32.1 Å². The molecule has 2 aromatic rings. The number of aromatic carboxylic acids is 1. The van der Waals surface area contributed by atoms with Crippen LogP contribution in [0.1, 0.15) is 51.6 Å². The van der Waals surface area contributed by atoms with Gasteiger partial charge in [0.15, 0.2) is 0 Å². The van der Waals surface area contributed by atoms with E-state index in [1.165, 1.54) is 11.3 Å². The maximum absolute atomic E-state index is 11.4. The zero-order valence-electron chi connectivity index (χ0n) is 11.8. The predicted octanol–water partition coefficient (Wildman–Crippen LogP) is 3.71. The lowest BCUT2D eigenvalue weighted by molar-refractivity contribution is 0.0700. The van der Waals surface area contributed by atoms with E-state index in [1.54, 1.807) is 0 Å². The maximum Gasteiger partial charge on any atom is 0.347 e. The number of rotatable bonds is 4. The zero-order valence-corrected chi connectivity index (χ0v) is 12.7. The van der Waals surface area contributed by atoms with Gasteiger partial charge < -0.3 is 9.84 Å². The molecule has 0 bridgehead atoms. The molecule has 0 spiro atoms. The number of hydrogen-bond acceptors (Lipinski definition) is 4. The van der Waals surface area contributed by atoms with Crippen molar-refractivity contribution in [1.82, 2.24) is 4.98 Å². The third-order valence-corrected chi connectivity index (χ3v) is 4.85. The number of para-hydroxylation sites is 1. The van der Waals surface area contributed by atoms with Gasteiger partial charge in [-0.2, -0.15) is 0 Å². The number of benzene rings is 1. The van der Waals surface area contributed by atoms with Crippen LogP contribution in [0.4, 0.5) is 0 Å². The first-order valence-electron chi connectivity index (χ1n) is 7.15. The molecule has 1 aliphatic heterocycles. The molecule has 4 nitrogen and oxygen atoms in total. The van der Waals surface area contributed by atoms with Crippen molar-refractivity contribution in [2.75, 3.05) is 6.61 Å². The topological polar surface area (TPSA) is 59.4 Å². The number of thiazole rings is 1. The van der Waals surface area contributed by atoms with Crippen molar-refractivity contribution >= 4 is 17.3 Å². The van der Waals surface area contributed by atoms with E-state index in [9.17, 15) is 9.90 Å². The van der Waals surface area contributed by atoms with Crippen LogP contribution in [0.3, 0.4) is 0 Å². The highest BCUT2D eigenvalue weighted by Gasteiger charge is 2.27. The summed E-state index contributed by atoms with van der Waals surface area (Å²) in [6, 6.07) is 7.94. The molecule has 1 aromatic heterocycles. The van der Waals surface area contributed by atoms with Gasteiger partial charge in [-0.3, -0.25) is 0 Å². The standard InChI is InChI=1S/C16H17NO3S/c1-2-5-12-14(16(18)19)21-15(17-12)11-8-9-20-13-7-4-3-6-10(11)13/h3-4,6-7,11H,2,5,8-9H2,1H3,(H,18,19). The molecule has 0 saturated carbocycles. The Balaban J connectivity index is 2.02. The quantitative estimate of drug-likeness (QED) is 0.935. The fourth-order valence-electron chi connectivity index (χ4n) is 2.69. The average Bonchev–Trinajstić information content (AvgIpc) is 2.91. The van der Waals surface area contributed by atoms with Crippen molar-refractivity contribution in [3.63, 3.8) is 0 Å². The second-order valence-electron chi connectivity index (χ2n) is 5.11. The molecule has 1 N–H and O–H groups in total. The first kappa shape index (κ1) is 14.1. The van der Waals surface area contributed by atoms with Gasteiger partial charge in [0.05, 0.1) is 12.3 Å². The average molecular weight is 303 g/mol. The lowest BCUT2D eigenvalue weighted by atomic mass is 9.94. The highest BCUT2D eigenvalue weighted by atomic mass is 32.1. The summed E-state index contributed by atoms with van der Waals surface area (Å²) in [7, 11) is 0. The van der Waals surface area contributed by atoms with E-state index < -0.39 is 5.97 Å². The van der Waals surface area contributed by atoms with Gasteiger partial charge >= 0.3 is 5.97 Å². The van der Waals surface area contributed by atoms with Crippen LogP contribution in [-0.2, 0) is 6.42 Å². The first-order valence-corrected chi connectivity index (χ1v) is 7.97. The largest absolute Gasteiger partial charge is 0.493 e. The molecular weight excluding hydrogens is 286 g/mol. The van der Waals surface area contributed by atoms with Crippen molar-refractivity contribution in [3.05, 3.63) is 45.4 Å². The smallest absolute Gasteiger partial charge is 0.347 e. The molecule has 0 aliphatic carbocycles. The Bertz CT molecular complexity index is 665. The van der Waals surface area contributed by atoms with Crippen molar-refractivity contribution in [3.8, 4) is 5.75 Å². The van der Waals surface area contributed by atoms with E-state index >= 15 is 0 Å². The Morgan fingerprint density at radius 3 is 3.05 bits per heavy atom. The molecule has 110 valence electrons. The number of aromatic nitrogens is 1. The Labute approximate surface area is 127 Å². The molecule has 1 atom stereocenters. The van der Waals surface area contributed by atoms with E-state index in [2.05, 4.69) is 4.98 Å². The third-order valence-electron chi connectivity index (χ3n) is 3.65. The van der Waals surface area contributed by atoms with E-state index in [-0.39, 0.29) is 5.92 Å². The summed E-state index contributed by atoms with van der Waals surface area (Å²) in [5.41, 5.74) is 1.83. The van der Waals surface area contributed by atoms with Gasteiger partial charge in [-0.1, -0.05) is 31.5 Å². The molecule has 0 fully saturated rings. The fraction of sp³-hybridized carbons (Fsp3) is 0.375. The van der Waals surface area contributed by atoms with Crippen LogP contribution in [0.2, 0.25) is 0 Å². The molecule has 1 aromatic carbocycles. The molecule has 5 heteroatoms. The van der Waals surface area contributed by atoms with Gasteiger partial charge in [0.25, 0.3) is 0 Å². The number of carbonyl (C=O) groups is 1. The first-order chi connectivity index (χ1) is 10.2. The predicted molar refractivity (Wildman–Crippen MR) is 81.5 cm³/mol. The number of nitrogens with zero attached hydrogens (tertiary/aromatic N) is 1. The summed E-state index contributed by atoms with van der Waals surface area (Å²) in [6.07, 6.45) is 2.45. The SMILES string of the molecule is CCCc1nc(C2CCOc3ccccc32)sc1C(=O)O. The van der Waals surface area contributed by atoms with E-state index in [4.69, 9.17) is 4.74 Å².